The van der Waals surface area contributed by atoms with Gasteiger partial charge in [0.25, 0.3) is 0 Å². The molecule has 0 aliphatic rings. The van der Waals surface area contributed by atoms with E-state index in [0.717, 1.165) is 71.3 Å². The summed E-state index contributed by atoms with van der Waals surface area (Å²) in [6.45, 7) is 0. The predicted molar refractivity (Wildman–Crippen MR) is 126 cm³/mol. The Hall–Kier alpha value is -4.69. The van der Waals surface area contributed by atoms with Crippen LogP contribution in [0.5, 0.6) is 0 Å². The summed E-state index contributed by atoms with van der Waals surface area (Å²) in [6, 6.07) is 26.3. The van der Waals surface area contributed by atoms with Crippen LogP contribution in [0.3, 0.4) is 0 Å². The summed E-state index contributed by atoms with van der Waals surface area (Å²) in [5.41, 5.74) is 7.77. The number of furan rings is 1. The minimum atomic E-state index is 0.620. The molecule has 0 saturated heterocycles. The molecule has 0 spiro atoms. The highest BCUT2D eigenvalue weighted by atomic mass is 16.3. The Morgan fingerprint density at radius 1 is 0.719 bits per heavy atom. The second-order valence-corrected chi connectivity index (χ2v) is 8.18. The zero-order valence-electron chi connectivity index (χ0n) is 16.6. The van der Waals surface area contributed by atoms with Gasteiger partial charge in [0, 0.05) is 26.9 Å². The summed E-state index contributed by atoms with van der Waals surface area (Å²) in [4.78, 5) is 9.99. The van der Waals surface area contributed by atoms with Gasteiger partial charge in [-0.25, -0.2) is 9.97 Å². The molecule has 0 amide bonds. The number of fused-ring (bicyclic) bond motifs is 11. The smallest absolute Gasteiger partial charge is 0.165 e. The van der Waals surface area contributed by atoms with Crippen molar-refractivity contribution in [2.45, 2.75) is 0 Å². The van der Waals surface area contributed by atoms with Gasteiger partial charge < -0.3 is 4.42 Å². The third kappa shape index (κ3) is 1.76. The average molecular weight is 408 g/mol. The SMILES string of the molecule is N#Cc1ccc2oc3c(ccc4c5cccc6c7nc8ccccc8nc7n(c56)c43)c2c1. The lowest BCUT2D eigenvalue weighted by Crippen LogP contribution is -1.89. The molecule has 5 nitrogen and oxygen atoms in total. The monoisotopic (exact) mass is 408 g/mol. The van der Waals surface area contributed by atoms with E-state index in [4.69, 9.17) is 14.4 Å². The molecule has 0 fully saturated rings. The fraction of sp³-hybridized carbons (Fsp3) is 0. The van der Waals surface area contributed by atoms with Crippen LogP contribution in [-0.2, 0) is 0 Å². The Bertz CT molecular complexity index is 2110. The summed E-state index contributed by atoms with van der Waals surface area (Å²) in [6.07, 6.45) is 0. The number of benzene rings is 4. The fourth-order valence-corrected chi connectivity index (χ4v) is 5.18. The molecule has 32 heavy (non-hydrogen) atoms. The zero-order chi connectivity index (χ0) is 21.0. The minimum absolute atomic E-state index is 0.620. The molecule has 5 heteroatoms. The Balaban J connectivity index is 1.69. The van der Waals surface area contributed by atoms with E-state index in [-0.39, 0.29) is 0 Å². The van der Waals surface area contributed by atoms with E-state index < -0.39 is 0 Å². The van der Waals surface area contributed by atoms with E-state index in [0.29, 0.717) is 5.56 Å². The van der Waals surface area contributed by atoms with Crippen LogP contribution in [-0.4, -0.2) is 14.4 Å². The molecule has 0 atom stereocenters. The van der Waals surface area contributed by atoms with Crippen LogP contribution in [0.15, 0.2) is 77.2 Å². The number of nitriles is 1. The van der Waals surface area contributed by atoms with Gasteiger partial charge in [-0.15, -0.1) is 0 Å². The molecule has 0 radical (unpaired) electrons. The van der Waals surface area contributed by atoms with Gasteiger partial charge in [0.05, 0.1) is 33.7 Å². The Labute approximate surface area is 180 Å². The number of hydrogen-bond acceptors (Lipinski definition) is 4. The summed E-state index contributed by atoms with van der Waals surface area (Å²) in [7, 11) is 0. The lowest BCUT2D eigenvalue weighted by atomic mass is 10.1. The first kappa shape index (κ1) is 16.1. The van der Waals surface area contributed by atoms with Gasteiger partial charge in [-0.1, -0.05) is 36.4 Å². The highest BCUT2D eigenvalue weighted by Crippen LogP contribution is 2.42. The number of hydrogen-bond donors (Lipinski definition) is 0. The van der Waals surface area contributed by atoms with Crippen molar-refractivity contribution in [3.63, 3.8) is 0 Å². The fourth-order valence-electron chi connectivity index (χ4n) is 5.18. The maximum absolute atomic E-state index is 9.36. The molecule has 0 N–H and O–H groups in total. The highest BCUT2D eigenvalue weighted by molar-refractivity contribution is 6.27. The second kappa shape index (κ2) is 5.32. The van der Waals surface area contributed by atoms with Crippen LogP contribution in [0.1, 0.15) is 5.56 Å². The van der Waals surface area contributed by atoms with Crippen molar-refractivity contribution in [1.82, 2.24) is 14.4 Å². The molecule has 0 saturated carbocycles. The van der Waals surface area contributed by atoms with Gasteiger partial charge in [0.1, 0.15) is 11.1 Å². The van der Waals surface area contributed by atoms with Crippen LogP contribution in [0, 0.1) is 11.3 Å². The molecule has 0 aliphatic carbocycles. The summed E-state index contributed by atoms with van der Waals surface area (Å²) >= 11 is 0. The largest absolute Gasteiger partial charge is 0.454 e. The molecule has 8 aromatic rings. The number of rotatable bonds is 0. The first-order valence-corrected chi connectivity index (χ1v) is 10.4. The predicted octanol–water partition coefficient (Wildman–Crippen LogP) is 6.55. The lowest BCUT2D eigenvalue weighted by molar-refractivity contribution is 0.671. The van der Waals surface area contributed by atoms with E-state index in [1.807, 2.05) is 36.4 Å². The van der Waals surface area contributed by atoms with E-state index in [2.05, 4.69) is 40.8 Å². The summed E-state index contributed by atoms with van der Waals surface area (Å²) in [5.74, 6) is 0. The van der Waals surface area contributed by atoms with Gasteiger partial charge in [-0.05, 0) is 36.4 Å². The molecule has 4 aromatic carbocycles. The van der Waals surface area contributed by atoms with Gasteiger partial charge in [0.15, 0.2) is 11.2 Å². The maximum atomic E-state index is 9.36. The first-order valence-electron chi connectivity index (χ1n) is 10.4. The van der Waals surface area contributed by atoms with Crippen molar-refractivity contribution in [1.29, 1.82) is 5.26 Å². The molecule has 8 rings (SSSR count). The van der Waals surface area contributed by atoms with Crippen LogP contribution in [0.25, 0.3) is 71.3 Å². The molecular weight excluding hydrogens is 396 g/mol. The molecule has 0 unspecified atom stereocenters. The van der Waals surface area contributed by atoms with Crippen molar-refractivity contribution < 1.29 is 4.42 Å². The molecular formula is C27H12N4O. The third-order valence-corrected chi connectivity index (χ3v) is 6.53. The van der Waals surface area contributed by atoms with E-state index in [1.54, 1.807) is 6.07 Å². The van der Waals surface area contributed by atoms with Gasteiger partial charge >= 0.3 is 0 Å². The molecule has 0 bridgehead atoms. The quantitative estimate of drug-likeness (QED) is 0.285. The second-order valence-electron chi connectivity index (χ2n) is 8.18. The van der Waals surface area contributed by atoms with Crippen molar-refractivity contribution in [2.24, 2.45) is 0 Å². The van der Waals surface area contributed by atoms with Crippen molar-refractivity contribution in [3.8, 4) is 6.07 Å². The average Bonchev–Trinajstić information content (AvgIpc) is 3.48. The minimum Gasteiger partial charge on any atom is -0.454 e. The first-order chi connectivity index (χ1) is 15.8. The topological polar surface area (TPSA) is 67.1 Å². The van der Waals surface area contributed by atoms with Crippen LogP contribution >= 0.6 is 0 Å². The lowest BCUT2D eigenvalue weighted by Gasteiger charge is -2.00. The Morgan fingerprint density at radius 3 is 2.38 bits per heavy atom. The highest BCUT2D eigenvalue weighted by Gasteiger charge is 2.23. The van der Waals surface area contributed by atoms with Gasteiger partial charge in [-0.2, -0.15) is 5.26 Å². The summed E-state index contributed by atoms with van der Waals surface area (Å²) in [5, 5.41) is 14.7. The summed E-state index contributed by atoms with van der Waals surface area (Å²) < 4.78 is 8.58. The van der Waals surface area contributed by atoms with Gasteiger partial charge in [0.2, 0.25) is 0 Å². The van der Waals surface area contributed by atoms with Crippen molar-refractivity contribution in [3.05, 3.63) is 78.4 Å². The number of nitrogens with zero attached hydrogens (tertiary/aromatic N) is 4. The van der Waals surface area contributed by atoms with Crippen LogP contribution in [0.4, 0.5) is 0 Å². The van der Waals surface area contributed by atoms with E-state index in [1.165, 1.54) is 0 Å². The Morgan fingerprint density at radius 2 is 1.50 bits per heavy atom. The van der Waals surface area contributed by atoms with E-state index in [9.17, 15) is 5.26 Å². The van der Waals surface area contributed by atoms with Crippen molar-refractivity contribution >= 4 is 71.3 Å². The van der Waals surface area contributed by atoms with Crippen molar-refractivity contribution in [2.75, 3.05) is 0 Å². The standard InChI is InChI=1S/C27H12N4O/c28-13-14-8-11-22-19(12-14)17-10-9-16-15-4-3-5-18-23-27(30-21-7-2-1-6-20(21)29-23)31(24(15)18)25(16)26(17)32-22/h1-12H. The number of para-hydroxylation sites is 3. The van der Waals surface area contributed by atoms with Crippen LogP contribution < -0.4 is 0 Å². The van der Waals surface area contributed by atoms with E-state index >= 15 is 0 Å². The maximum Gasteiger partial charge on any atom is 0.165 e. The van der Waals surface area contributed by atoms with Crippen LogP contribution in [0.2, 0.25) is 0 Å². The molecule has 146 valence electrons. The molecule has 4 aromatic heterocycles. The third-order valence-electron chi connectivity index (χ3n) is 6.53. The molecule has 4 heterocycles. The zero-order valence-corrected chi connectivity index (χ0v) is 16.6. The number of aromatic nitrogens is 3. The van der Waals surface area contributed by atoms with Gasteiger partial charge in [-0.3, -0.25) is 4.40 Å². The molecule has 0 aliphatic heterocycles. The Kier molecular flexibility index (Phi) is 2.67. The normalized spacial score (nSPS) is 12.3.